The number of carbonyl (C=O) groups is 1. The molecule has 0 saturated carbocycles. The summed E-state index contributed by atoms with van der Waals surface area (Å²) in [4.78, 5) is 21.3. The minimum atomic E-state index is -4.79. The molecular formula is C26H26F4N4O4. The summed E-state index contributed by atoms with van der Waals surface area (Å²) < 4.78 is 67.0. The van der Waals surface area contributed by atoms with Crippen LogP contribution in [0.3, 0.4) is 0 Å². The third-order valence-electron chi connectivity index (χ3n) is 6.77. The van der Waals surface area contributed by atoms with Crippen LogP contribution in [0.2, 0.25) is 0 Å². The number of hydrogen-bond acceptors (Lipinski definition) is 6. The summed E-state index contributed by atoms with van der Waals surface area (Å²) in [6.45, 7) is 4.09. The van der Waals surface area contributed by atoms with E-state index in [-0.39, 0.29) is 29.4 Å². The Bertz CT molecular complexity index is 1290. The molecule has 5 rings (SSSR count). The molecule has 3 heterocycles. The average molecular weight is 535 g/mol. The molecule has 2 fully saturated rings. The van der Waals surface area contributed by atoms with Crippen molar-refractivity contribution in [3.63, 3.8) is 0 Å². The number of alkyl halides is 3. The Morgan fingerprint density at radius 2 is 1.82 bits per heavy atom. The zero-order chi connectivity index (χ0) is 26.9. The first kappa shape index (κ1) is 26.0. The molecule has 3 aromatic rings. The van der Waals surface area contributed by atoms with Gasteiger partial charge in [-0.2, -0.15) is 4.98 Å². The summed E-state index contributed by atoms with van der Waals surface area (Å²) in [5.74, 6) is -0.699. The Hall–Kier alpha value is -3.67. The van der Waals surface area contributed by atoms with E-state index < -0.39 is 12.2 Å². The van der Waals surface area contributed by atoms with Gasteiger partial charge in [-0.05, 0) is 42.7 Å². The normalized spacial score (nSPS) is 20.4. The highest BCUT2D eigenvalue weighted by Crippen LogP contribution is 2.38. The van der Waals surface area contributed by atoms with Crippen LogP contribution in [-0.4, -0.2) is 71.7 Å². The molecule has 2 amide bonds. The molecule has 0 aliphatic carbocycles. The molecule has 2 unspecified atom stereocenters. The summed E-state index contributed by atoms with van der Waals surface area (Å²) >= 11 is 0. The largest absolute Gasteiger partial charge is 0.573 e. The van der Waals surface area contributed by atoms with Crippen molar-refractivity contribution in [2.24, 2.45) is 0 Å². The number of hydrogen-bond donors (Lipinski definition) is 0. The van der Waals surface area contributed by atoms with Gasteiger partial charge < -0.3 is 23.8 Å². The molecule has 8 nitrogen and oxygen atoms in total. The number of likely N-dealkylation sites (tertiary alicyclic amines) is 1. The van der Waals surface area contributed by atoms with E-state index in [9.17, 15) is 22.4 Å². The number of benzene rings is 2. The van der Waals surface area contributed by atoms with Gasteiger partial charge in [0.2, 0.25) is 11.7 Å². The van der Waals surface area contributed by atoms with Crippen LogP contribution in [0.25, 0.3) is 11.4 Å². The van der Waals surface area contributed by atoms with Gasteiger partial charge in [-0.25, -0.2) is 9.18 Å². The van der Waals surface area contributed by atoms with Crippen molar-refractivity contribution in [1.29, 1.82) is 0 Å². The first-order chi connectivity index (χ1) is 18.2. The molecule has 0 radical (unpaired) electrons. The number of amides is 2. The second-order valence-corrected chi connectivity index (χ2v) is 9.46. The molecule has 2 aliphatic heterocycles. The predicted molar refractivity (Wildman–Crippen MR) is 127 cm³/mol. The highest BCUT2D eigenvalue weighted by Gasteiger charge is 2.37. The maximum atomic E-state index is 13.7. The topological polar surface area (TPSA) is 80.9 Å². The molecule has 0 bridgehead atoms. The minimum Gasteiger partial charge on any atom is -0.406 e. The van der Waals surface area contributed by atoms with E-state index >= 15 is 0 Å². The second kappa shape index (κ2) is 10.6. The molecule has 0 N–H and O–H groups in total. The van der Waals surface area contributed by atoms with Gasteiger partial charge in [-0.3, -0.25) is 0 Å². The molecule has 38 heavy (non-hydrogen) atoms. The van der Waals surface area contributed by atoms with Crippen LogP contribution in [0.4, 0.5) is 22.4 Å². The highest BCUT2D eigenvalue weighted by molar-refractivity contribution is 5.75. The summed E-state index contributed by atoms with van der Waals surface area (Å²) in [5, 5.41) is 4.01. The molecule has 2 saturated heterocycles. The predicted octanol–water partition coefficient (Wildman–Crippen LogP) is 5.11. The molecule has 12 heteroatoms. The number of carbonyl (C=O) groups excluding carboxylic acids is 1. The summed E-state index contributed by atoms with van der Waals surface area (Å²) in [7, 11) is 0. The second-order valence-electron chi connectivity index (χ2n) is 9.46. The third kappa shape index (κ3) is 5.90. The molecule has 2 atom stereocenters. The Morgan fingerprint density at radius 3 is 2.53 bits per heavy atom. The van der Waals surface area contributed by atoms with Crippen LogP contribution in [0.15, 0.2) is 47.0 Å². The van der Waals surface area contributed by atoms with E-state index in [0.29, 0.717) is 62.8 Å². The van der Waals surface area contributed by atoms with Crippen LogP contribution < -0.4 is 4.74 Å². The Kier molecular flexibility index (Phi) is 7.24. The average Bonchev–Trinajstić information content (AvgIpc) is 3.40. The quantitative estimate of drug-likeness (QED) is 0.433. The van der Waals surface area contributed by atoms with E-state index in [0.717, 1.165) is 5.56 Å². The van der Waals surface area contributed by atoms with Gasteiger partial charge in [-0.1, -0.05) is 29.4 Å². The number of aromatic nitrogens is 2. The number of aryl methyl sites for hydroxylation is 1. The van der Waals surface area contributed by atoms with Gasteiger partial charge in [0.1, 0.15) is 11.6 Å². The van der Waals surface area contributed by atoms with Gasteiger partial charge in [0.05, 0.1) is 19.1 Å². The fourth-order valence-electron chi connectivity index (χ4n) is 4.94. The van der Waals surface area contributed by atoms with Crippen molar-refractivity contribution < 1.29 is 36.4 Å². The van der Waals surface area contributed by atoms with Gasteiger partial charge >= 0.3 is 12.4 Å². The van der Waals surface area contributed by atoms with E-state index in [1.807, 2.05) is 0 Å². The zero-order valence-corrected chi connectivity index (χ0v) is 20.6. The van der Waals surface area contributed by atoms with Crippen LogP contribution in [-0.2, 0) is 4.74 Å². The Morgan fingerprint density at radius 1 is 1.05 bits per heavy atom. The van der Waals surface area contributed by atoms with Crippen molar-refractivity contribution in [3.8, 4) is 17.1 Å². The maximum Gasteiger partial charge on any atom is 0.573 e. The molecule has 1 aromatic heterocycles. The summed E-state index contributed by atoms with van der Waals surface area (Å²) in [6, 6.07) is 10.2. The first-order valence-electron chi connectivity index (χ1n) is 12.2. The van der Waals surface area contributed by atoms with E-state index in [1.165, 1.54) is 18.2 Å². The number of piperidine rings is 1. The molecule has 2 aliphatic rings. The lowest BCUT2D eigenvalue weighted by Gasteiger charge is -2.40. The van der Waals surface area contributed by atoms with E-state index in [2.05, 4.69) is 14.9 Å². The summed E-state index contributed by atoms with van der Waals surface area (Å²) in [5.41, 5.74) is 1.56. The number of nitrogens with zero attached hydrogens (tertiary/aromatic N) is 4. The van der Waals surface area contributed by atoms with E-state index in [4.69, 9.17) is 9.26 Å². The first-order valence-corrected chi connectivity index (χ1v) is 12.2. The lowest BCUT2D eigenvalue weighted by Crippen LogP contribution is -2.52. The van der Waals surface area contributed by atoms with Crippen LogP contribution >= 0.6 is 0 Å². The van der Waals surface area contributed by atoms with Crippen molar-refractivity contribution >= 4 is 6.03 Å². The smallest absolute Gasteiger partial charge is 0.406 e. The van der Waals surface area contributed by atoms with Crippen molar-refractivity contribution in [2.75, 3.05) is 39.4 Å². The lowest BCUT2D eigenvalue weighted by molar-refractivity contribution is -0.274. The SMILES string of the molecule is Cc1cc(C2CC(c3nc(-c4cccc(F)c4)no3)CN(C(=O)N3CCOCC3)C2)ccc1OC(F)(F)F. The van der Waals surface area contributed by atoms with Crippen LogP contribution in [0, 0.1) is 12.7 Å². The van der Waals surface area contributed by atoms with Crippen molar-refractivity contribution in [2.45, 2.75) is 31.5 Å². The molecule has 0 spiro atoms. The number of rotatable bonds is 4. The van der Waals surface area contributed by atoms with Crippen molar-refractivity contribution in [1.82, 2.24) is 19.9 Å². The van der Waals surface area contributed by atoms with Gasteiger partial charge in [0.25, 0.3) is 0 Å². The standard InChI is InChI=1S/C26H26F4N4O4/c1-16-11-17(5-6-22(16)37-26(28,29)30)19-12-20(15-34(14-19)25(35)33-7-9-36-10-8-33)24-31-23(32-38-24)18-3-2-4-21(27)13-18/h2-6,11,13,19-20H,7-10,12,14-15H2,1H3. The summed E-state index contributed by atoms with van der Waals surface area (Å²) in [6.07, 6.45) is -4.27. The lowest BCUT2D eigenvalue weighted by atomic mass is 9.84. The van der Waals surface area contributed by atoms with Gasteiger partial charge in [0.15, 0.2) is 0 Å². The third-order valence-corrected chi connectivity index (χ3v) is 6.77. The maximum absolute atomic E-state index is 13.7. The number of ether oxygens (including phenoxy) is 2. The van der Waals surface area contributed by atoms with Gasteiger partial charge in [0, 0.05) is 37.7 Å². The van der Waals surface area contributed by atoms with Gasteiger partial charge in [-0.15, -0.1) is 13.2 Å². The zero-order valence-electron chi connectivity index (χ0n) is 20.6. The number of morpholine rings is 1. The van der Waals surface area contributed by atoms with Crippen molar-refractivity contribution in [3.05, 3.63) is 65.3 Å². The Balaban J connectivity index is 1.42. The molecular weight excluding hydrogens is 508 g/mol. The Labute approximate surface area is 216 Å². The highest BCUT2D eigenvalue weighted by atomic mass is 19.4. The minimum absolute atomic E-state index is 0.151. The monoisotopic (exact) mass is 534 g/mol. The fourth-order valence-corrected chi connectivity index (χ4v) is 4.94. The van der Waals surface area contributed by atoms with Crippen LogP contribution in [0.5, 0.6) is 5.75 Å². The fraction of sp³-hybridized carbons (Fsp3) is 0.423. The van der Waals surface area contributed by atoms with E-state index in [1.54, 1.807) is 41.0 Å². The molecule has 202 valence electrons. The molecule has 2 aromatic carbocycles. The number of halogens is 4. The van der Waals surface area contributed by atoms with Crippen LogP contribution in [0.1, 0.15) is 35.3 Å². The number of urea groups is 1.